The van der Waals surface area contributed by atoms with E-state index in [1.165, 1.54) is 0 Å². The fourth-order valence-corrected chi connectivity index (χ4v) is 2.51. The minimum atomic E-state index is -2.48. The van der Waals surface area contributed by atoms with Crippen molar-refractivity contribution in [2.24, 2.45) is 5.92 Å². The highest BCUT2D eigenvalue weighted by Crippen LogP contribution is 2.29. The number of ketones is 1. The summed E-state index contributed by atoms with van der Waals surface area (Å²) in [5.41, 5.74) is 0. The van der Waals surface area contributed by atoms with Crippen LogP contribution in [-0.2, 0) is 4.79 Å². The van der Waals surface area contributed by atoms with Crippen LogP contribution in [0.1, 0.15) is 32.1 Å². The second kappa shape index (κ2) is 4.16. The summed E-state index contributed by atoms with van der Waals surface area (Å²) in [6.45, 7) is 1.18. The standard InChI is InChI=1S/C11H17F2NO/c12-11(13)5-6-14(8-11)7-9-1-3-10(15)4-2-9/h9H,1-8H2. The first-order valence-corrected chi connectivity index (χ1v) is 5.67. The highest BCUT2D eigenvalue weighted by Gasteiger charge is 2.38. The van der Waals surface area contributed by atoms with Gasteiger partial charge in [0.2, 0.25) is 0 Å². The fraction of sp³-hybridized carbons (Fsp3) is 0.909. The SMILES string of the molecule is O=C1CCC(CN2CCC(F)(F)C2)CC1. The molecule has 0 aromatic heterocycles. The van der Waals surface area contributed by atoms with Crippen LogP contribution in [0.3, 0.4) is 0 Å². The van der Waals surface area contributed by atoms with Crippen LogP contribution in [0.15, 0.2) is 0 Å². The topological polar surface area (TPSA) is 20.3 Å². The number of halogens is 2. The van der Waals surface area contributed by atoms with Crippen LogP contribution in [0.2, 0.25) is 0 Å². The molecule has 0 spiro atoms. The van der Waals surface area contributed by atoms with Crippen LogP contribution in [0.5, 0.6) is 0 Å². The van der Waals surface area contributed by atoms with Crippen LogP contribution >= 0.6 is 0 Å². The minimum absolute atomic E-state index is 0.00134. The molecule has 1 saturated heterocycles. The van der Waals surface area contributed by atoms with Crippen molar-refractivity contribution in [1.29, 1.82) is 0 Å². The molecule has 2 rings (SSSR count). The van der Waals surface area contributed by atoms with Gasteiger partial charge >= 0.3 is 0 Å². The highest BCUT2D eigenvalue weighted by atomic mass is 19.3. The molecule has 1 aliphatic heterocycles. The first-order chi connectivity index (χ1) is 7.05. The summed E-state index contributed by atoms with van der Waals surface area (Å²) in [6.07, 6.45) is 3.07. The Morgan fingerprint density at radius 1 is 1.33 bits per heavy atom. The van der Waals surface area contributed by atoms with Crippen molar-refractivity contribution in [1.82, 2.24) is 4.90 Å². The van der Waals surface area contributed by atoms with Crippen LogP contribution in [0, 0.1) is 5.92 Å². The lowest BCUT2D eigenvalue weighted by molar-refractivity contribution is -0.121. The molecule has 0 unspecified atom stereocenters. The second-order valence-electron chi connectivity index (χ2n) is 4.82. The lowest BCUT2D eigenvalue weighted by Gasteiger charge is -2.26. The average Bonchev–Trinajstić information content (AvgIpc) is 2.50. The Hall–Kier alpha value is -0.510. The van der Waals surface area contributed by atoms with Gasteiger partial charge in [0.05, 0.1) is 6.54 Å². The van der Waals surface area contributed by atoms with Crippen LogP contribution in [-0.4, -0.2) is 36.2 Å². The molecule has 15 heavy (non-hydrogen) atoms. The Kier molecular flexibility index (Phi) is 3.05. The second-order valence-corrected chi connectivity index (χ2v) is 4.82. The zero-order chi connectivity index (χ0) is 10.9. The van der Waals surface area contributed by atoms with Gasteiger partial charge in [-0.1, -0.05) is 0 Å². The van der Waals surface area contributed by atoms with Gasteiger partial charge in [-0.2, -0.15) is 0 Å². The van der Waals surface area contributed by atoms with Crippen molar-refractivity contribution in [3.8, 4) is 0 Å². The fourth-order valence-electron chi connectivity index (χ4n) is 2.51. The van der Waals surface area contributed by atoms with Crippen LogP contribution < -0.4 is 0 Å². The lowest BCUT2D eigenvalue weighted by atomic mass is 9.88. The van der Waals surface area contributed by atoms with Crippen molar-refractivity contribution in [3.05, 3.63) is 0 Å². The van der Waals surface area contributed by atoms with Crippen molar-refractivity contribution in [2.45, 2.75) is 38.0 Å². The summed E-state index contributed by atoms with van der Waals surface area (Å²) < 4.78 is 25.8. The lowest BCUT2D eigenvalue weighted by Crippen LogP contribution is -2.32. The smallest absolute Gasteiger partial charge is 0.261 e. The summed E-state index contributed by atoms with van der Waals surface area (Å²) in [4.78, 5) is 12.9. The number of carbonyl (C=O) groups excluding carboxylic acids is 1. The maximum absolute atomic E-state index is 12.9. The Morgan fingerprint density at radius 2 is 2.00 bits per heavy atom. The highest BCUT2D eigenvalue weighted by molar-refractivity contribution is 5.79. The van der Waals surface area contributed by atoms with E-state index >= 15 is 0 Å². The number of carbonyl (C=O) groups is 1. The Balaban J connectivity index is 1.76. The summed E-state index contributed by atoms with van der Waals surface area (Å²) in [7, 11) is 0. The molecule has 1 saturated carbocycles. The van der Waals surface area contributed by atoms with Gasteiger partial charge in [-0.25, -0.2) is 8.78 Å². The van der Waals surface area contributed by atoms with E-state index in [1.54, 1.807) is 0 Å². The predicted octanol–water partition coefficient (Wildman–Crippen LogP) is 2.09. The minimum Gasteiger partial charge on any atom is -0.300 e. The van der Waals surface area contributed by atoms with Crippen molar-refractivity contribution < 1.29 is 13.6 Å². The molecule has 0 radical (unpaired) electrons. The number of alkyl halides is 2. The Labute approximate surface area is 88.6 Å². The van der Waals surface area contributed by atoms with E-state index in [0.717, 1.165) is 19.4 Å². The summed E-state index contributed by atoms with van der Waals surface area (Å²) in [5.74, 6) is -1.69. The zero-order valence-electron chi connectivity index (χ0n) is 8.85. The first kappa shape index (κ1) is 11.0. The number of likely N-dealkylation sites (tertiary alicyclic amines) is 1. The van der Waals surface area contributed by atoms with E-state index in [-0.39, 0.29) is 13.0 Å². The van der Waals surface area contributed by atoms with Crippen molar-refractivity contribution >= 4 is 5.78 Å². The Bertz CT molecular complexity index is 245. The molecule has 1 aliphatic carbocycles. The maximum atomic E-state index is 12.9. The molecule has 0 N–H and O–H groups in total. The van der Waals surface area contributed by atoms with Gasteiger partial charge in [0.1, 0.15) is 5.78 Å². The molecule has 2 aliphatic rings. The van der Waals surface area contributed by atoms with E-state index in [0.29, 0.717) is 31.1 Å². The average molecular weight is 217 g/mol. The van der Waals surface area contributed by atoms with Gasteiger partial charge in [-0.15, -0.1) is 0 Å². The van der Waals surface area contributed by atoms with E-state index in [2.05, 4.69) is 0 Å². The molecular weight excluding hydrogens is 200 g/mol. The molecular formula is C11H17F2NO. The number of hydrogen-bond donors (Lipinski definition) is 0. The molecule has 0 atom stereocenters. The van der Waals surface area contributed by atoms with Gasteiger partial charge in [-0.3, -0.25) is 9.69 Å². The largest absolute Gasteiger partial charge is 0.300 e. The van der Waals surface area contributed by atoms with Crippen molar-refractivity contribution in [3.63, 3.8) is 0 Å². The molecule has 0 bridgehead atoms. The third-order valence-corrected chi connectivity index (χ3v) is 3.43. The van der Waals surface area contributed by atoms with Gasteiger partial charge in [0.25, 0.3) is 5.92 Å². The quantitative estimate of drug-likeness (QED) is 0.706. The van der Waals surface area contributed by atoms with E-state index < -0.39 is 5.92 Å². The molecule has 2 nitrogen and oxygen atoms in total. The van der Waals surface area contributed by atoms with Gasteiger partial charge in [0.15, 0.2) is 0 Å². The third kappa shape index (κ3) is 2.97. The van der Waals surface area contributed by atoms with E-state index in [9.17, 15) is 13.6 Å². The third-order valence-electron chi connectivity index (χ3n) is 3.43. The van der Waals surface area contributed by atoms with Crippen LogP contribution in [0.25, 0.3) is 0 Å². The number of rotatable bonds is 2. The van der Waals surface area contributed by atoms with Crippen LogP contribution in [0.4, 0.5) is 8.78 Å². The van der Waals surface area contributed by atoms with Gasteiger partial charge < -0.3 is 0 Å². The summed E-state index contributed by atoms with van der Waals surface area (Å²) in [6, 6.07) is 0. The first-order valence-electron chi connectivity index (χ1n) is 5.67. The van der Waals surface area contributed by atoms with E-state index in [1.807, 2.05) is 4.90 Å². The normalized spacial score (nSPS) is 28.5. The summed E-state index contributed by atoms with van der Waals surface area (Å²) >= 11 is 0. The maximum Gasteiger partial charge on any atom is 0.261 e. The molecule has 0 amide bonds. The molecule has 4 heteroatoms. The number of hydrogen-bond acceptors (Lipinski definition) is 2. The van der Waals surface area contributed by atoms with Gasteiger partial charge in [-0.05, 0) is 18.8 Å². The van der Waals surface area contributed by atoms with Gasteiger partial charge in [0, 0.05) is 32.4 Å². The molecule has 2 fully saturated rings. The molecule has 1 heterocycles. The number of Topliss-reactive ketones (excluding diaryl/α,β-unsaturated/α-hetero) is 1. The van der Waals surface area contributed by atoms with E-state index in [4.69, 9.17) is 0 Å². The molecule has 0 aromatic rings. The summed E-state index contributed by atoms with van der Waals surface area (Å²) in [5, 5.41) is 0. The monoisotopic (exact) mass is 217 g/mol. The Morgan fingerprint density at radius 3 is 2.53 bits per heavy atom. The van der Waals surface area contributed by atoms with Crippen molar-refractivity contribution in [2.75, 3.05) is 19.6 Å². The number of nitrogens with zero attached hydrogens (tertiary/aromatic N) is 1. The predicted molar refractivity (Wildman–Crippen MR) is 53.0 cm³/mol. The molecule has 0 aromatic carbocycles. The molecule has 86 valence electrons. The zero-order valence-corrected chi connectivity index (χ0v) is 8.85.